The zero-order valence-corrected chi connectivity index (χ0v) is 19.9. The van der Waals surface area contributed by atoms with E-state index in [1.54, 1.807) is 19.1 Å². The molecule has 1 heterocycles. The second-order valence-electron chi connectivity index (χ2n) is 8.21. The Morgan fingerprint density at radius 2 is 1.82 bits per heavy atom. The Morgan fingerprint density at radius 3 is 2.45 bits per heavy atom. The summed E-state index contributed by atoms with van der Waals surface area (Å²) in [6, 6.07) is 11.0. The van der Waals surface area contributed by atoms with E-state index in [0.29, 0.717) is 22.8 Å². The lowest BCUT2D eigenvalue weighted by Crippen LogP contribution is -2.48. The lowest BCUT2D eigenvalue weighted by Gasteiger charge is -2.36. The Kier molecular flexibility index (Phi) is 8.06. The van der Waals surface area contributed by atoms with Crippen LogP contribution in [0.2, 0.25) is 0 Å². The molecule has 10 heteroatoms. The molecule has 9 nitrogen and oxygen atoms in total. The van der Waals surface area contributed by atoms with Crippen LogP contribution >= 0.6 is 0 Å². The molecule has 1 fully saturated rings. The highest BCUT2D eigenvalue weighted by Crippen LogP contribution is 2.20. The van der Waals surface area contributed by atoms with Crippen molar-refractivity contribution < 1.29 is 13.2 Å². The zero-order valence-electron chi connectivity index (χ0n) is 19.1. The first-order valence-electron chi connectivity index (χ1n) is 11.0. The van der Waals surface area contributed by atoms with Crippen LogP contribution < -0.4 is 15.8 Å². The number of aryl methyl sites for hydroxylation is 1. The summed E-state index contributed by atoms with van der Waals surface area (Å²) in [6.45, 7) is 8.52. The van der Waals surface area contributed by atoms with Gasteiger partial charge in [-0.25, -0.2) is 18.4 Å². The predicted molar refractivity (Wildman–Crippen MR) is 131 cm³/mol. The highest BCUT2D eigenvalue weighted by atomic mass is 32.2. The SMILES string of the molecule is CCCCN1CCN(C(=N)c2cccc(NC(=O)Nc3ccc(S(N)(=O)=O)cc3C)c2)CC1. The molecular weight excluding hydrogens is 440 g/mol. The summed E-state index contributed by atoms with van der Waals surface area (Å²) in [5.41, 5.74) is 2.36. The van der Waals surface area contributed by atoms with Gasteiger partial charge in [-0.1, -0.05) is 25.5 Å². The highest BCUT2D eigenvalue weighted by Gasteiger charge is 2.20. The van der Waals surface area contributed by atoms with Crippen LogP contribution in [0.4, 0.5) is 16.2 Å². The summed E-state index contributed by atoms with van der Waals surface area (Å²) < 4.78 is 22.9. The summed E-state index contributed by atoms with van der Waals surface area (Å²) in [4.78, 5) is 17.0. The third-order valence-electron chi connectivity index (χ3n) is 5.68. The quantitative estimate of drug-likeness (QED) is 0.363. The normalized spacial score (nSPS) is 14.7. The molecule has 0 aromatic heterocycles. The van der Waals surface area contributed by atoms with Crippen LogP contribution in [0.3, 0.4) is 0 Å². The number of nitrogens with one attached hydrogen (secondary N) is 3. The Hall–Kier alpha value is -2.95. The van der Waals surface area contributed by atoms with Gasteiger partial charge in [0.15, 0.2) is 0 Å². The number of rotatable bonds is 7. The molecule has 0 saturated carbocycles. The van der Waals surface area contributed by atoms with Crippen molar-refractivity contribution in [1.29, 1.82) is 5.41 Å². The molecule has 1 aliphatic heterocycles. The van der Waals surface area contributed by atoms with Gasteiger partial charge in [-0.3, -0.25) is 10.3 Å². The molecule has 0 radical (unpaired) electrons. The molecule has 5 N–H and O–H groups in total. The van der Waals surface area contributed by atoms with E-state index in [-0.39, 0.29) is 4.90 Å². The Labute approximate surface area is 195 Å². The van der Waals surface area contributed by atoms with Crippen molar-refractivity contribution in [1.82, 2.24) is 9.80 Å². The minimum absolute atomic E-state index is 0.0108. The number of primary sulfonamides is 1. The molecular formula is C23H32N6O3S. The average molecular weight is 473 g/mol. The molecule has 0 unspecified atom stereocenters. The van der Waals surface area contributed by atoms with Crippen LogP contribution in [-0.4, -0.2) is 62.8 Å². The summed E-state index contributed by atoms with van der Waals surface area (Å²) in [5.74, 6) is 0.448. The smallest absolute Gasteiger partial charge is 0.323 e. The summed E-state index contributed by atoms with van der Waals surface area (Å²) in [7, 11) is -3.80. The van der Waals surface area contributed by atoms with E-state index >= 15 is 0 Å². The molecule has 2 amide bonds. The lowest BCUT2D eigenvalue weighted by molar-refractivity contribution is 0.180. The molecule has 1 aliphatic rings. The second-order valence-corrected chi connectivity index (χ2v) is 9.77. The van der Waals surface area contributed by atoms with Crippen molar-refractivity contribution in [3.8, 4) is 0 Å². The highest BCUT2D eigenvalue weighted by molar-refractivity contribution is 7.89. The molecule has 2 aromatic carbocycles. The van der Waals surface area contributed by atoms with Crippen molar-refractivity contribution >= 4 is 33.3 Å². The Balaban J connectivity index is 1.60. The molecule has 1 saturated heterocycles. The fourth-order valence-electron chi connectivity index (χ4n) is 3.74. The summed E-state index contributed by atoms with van der Waals surface area (Å²) >= 11 is 0. The van der Waals surface area contributed by atoms with Gasteiger partial charge in [0.25, 0.3) is 0 Å². The number of hydrogen-bond acceptors (Lipinski definition) is 5. The number of nitrogens with two attached hydrogens (primary N) is 1. The lowest BCUT2D eigenvalue weighted by atomic mass is 10.1. The van der Waals surface area contributed by atoms with Gasteiger partial charge < -0.3 is 15.5 Å². The number of piperazine rings is 1. The third-order valence-corrected chi connectivity index (χ3v) is 6.60. The summed E-state index contributed by atoms with van der Waals surface area (Å²) in [5, 5.41) is 19.2. The maximum Gasteiger partial charge on any atom is 0.323 e. The monoisotopic (exact) mass is 472 g/mol. The molecule has 0 atom stereocenters. The number of carbonyl (C=O) groups excluding carboxylic acids is 1. The number of urea groups is 1. The van der Waals surface area contributed by atoms with Crippen LogP contribution in [0.1, 0.15) is 30.9 Å². The standard InChI is InChI=1S/C23H32N6O3S/c1-3-4-10-28-11-13-29(14-12-28)22(24)18-6-5-7-19(16-18)26-23(30)27-21-9-8-20(15-17(21)2)33(25,31)32/h5-9,15-16,24H,3-4,10-14H2,1-2H3,(H2,25,31,32)(H2,26,27,30). The maximum atomic E-state index is 12.5. The van der Waals surface area contributed by atoms with Crippen LogP contribution in [0.5, 0.6) is 0 Å². The van der Waals surface area contributed by atoms with E-state index in [1.165, 1.54) is 31.0 Å². The van der Waals surface area contributed by atoms with E-state index in [4.69, 9.17) is 10.5 Å². The molecule has 0 spiro atoms. The topological polar surface area (TPSA) is 132 Å². The van der Waals surface area contributed by atoms with Gasteiger partial charge in [0.05, 0.1) is 4.90 Å². The average Bonchev–Trinajstić information content (AvgIpc) is 2.78. The maximum absolute atomic E-state index is 12.5. The number of nitrogens with zero attached hydrogens (tertiary/aromatic N) is 2. The van der Waals surface area contributed by atoms with Crippen LogP contribution in [0.25, 0.3) is 0 Å². The zero-order chi connectivity index (χ0) is 24.0. The number of amides is 2. The van der Waals surface area contributed by atoms with Crippen molar-refractivity contribution in [3.05, 3.63) is 53.6 Å². The number of benzene rings is 2. The van der Waals surface area contributed by atoms with Crippen LogP contribution in [0, 0.1) is 12.3 Å². The van der Waals surface area contributed by atoms with Crippen molar-refractivity contribution in [2.45, 2.75) is 31.6 Å². The predicted octanol–water partition coefficient (Wildman–Crippen LogP) is 3.03. The van der Waals surface area contributed by atoms with Gasteiger partial charge in [0, 0.05) is 43.1 Å². The van der Waals surface area contributed by atoms with Crippen LogP contribution in [-0.2, 0) is 10.0 Å². The fraction of sp³-hybridized carbons (Fsp3) is 0.391. The van der Waals surface area contributed by atoms with E-state index in [0.717, 1.165) is 38.3 Å². The van der Waals surface area contributed by atoms with Gasteiger partial charge in [0.2, 0.25) is 10.0 Å². The number of anilines is 2. The second kappa shape index (κ2) is 10.8. The number of amidine groups is 1. The first-order valence-corrected chi connectivity index (χ1v) is 12.6. The van der Waals surface area contributed by atoms with Gasteiger partial charge in [-0.15, -0.1) is 0 Å². The number of sulfonamides is 1. The molecule has 3 rings (SSSR count). The first-order chi connectivity index (χ1) is 15.7. The van der Waals surface area contributed by atoms with E-state index in [1.807, 2.05) is 12.1 Å². The Bertz CT molecular complexity index is 1110. The minimum atomic E-state index is -3.80. The van der Waals surface area contributed by atoms with Gasteiger partial charge in [-0.2, -0.15) is 0 Å². The van der Waals surface area contributed by atoms with E-state index in [9.17, 15) is 13.2 Å². The van der Waals surface area contributed by atoms with Crippen molar-refractivity contribution in [2.24, 2.45) is 5.14 Å². The molecule has 2 aromatic rings. The molecule has 0 bridgehead atoms. The Morgan fingerprint density at radius 1 is 1.09 bits per heavy atom. The minimum Gasteiger partial charge on any atom is -0.354 e. The van der Waals surface area contributed by atoms with E-state index < -0.39 is 16.1 Å². The van der Waals surface area contributed by atoms with Crippen LogP contribution in [0.15, 0.2) is 47.4 Å². The fourth-order valence-corrected chi connectivity index (χ4v) is 4.34. The van der Waals surface area contributed by atoms with E-state index in [2.05, 4.69) is 27.4 Å². The van der Waals surface area contributed by atoms with Crippen molar-refractivity contribution in [3.63, 3.8) is 0 Å². The third kappa shape index (κ3) is 6.77. The molecule has 0 aliphatic carbocycles. The number of unbranched alkanes of at least 4 members (excludes halogenated alkanes) is 1. The molecule has 33 heavy (non-hydrogen) atoms. The largest absolute Gasteiger partial charge is 0.354 e. The van der Waals surface area contributed by atoms with Gasteiger partial charge in [0.1, 0.15) is 5.84 Å². The number of carbonyl (C=O) groups is 1. The number of hydrogen-bond donors (Lipinski definition) is 4. The van der Waals surface area contributed by atoms with Crippen molar-refractivity contribution in [2.75, 3.05) is 43.4 Å². The van der Waals surface area contributed by atoms with Gasteiger partial charge in [-0.05, 0) is 55.8 Å². The van der Waals surface area contributed by atoms with Gasteiger partial charge >= 0.3 is 6.03 Å². The summed E-state index contributed by atoms with van der Waals surface area (Å²) in [6.07, 6.45) is 2.38. The molecule has 178 valence electrons. The first kappa shape index (κ1) is 24.7.